The number of aryl methyl sites for hydroxylation is 1. The van der Waals surface area contributed by atoms with Crippen LogP contribution in [0.4, 0.5) is 10.1 Å². The highest BCUT2D eigenvalue weighted by molar-refractivity contribution is 6.34. The van der Waals surface area contributed by atoms with Gasteiger partial charge in [0, 0.05) is 48.7 Å². The van der Waals surface area contributed by atoms with Crippen LogP contribution in [0.3, 0.4) is 0 Å². The molecule has 0 radical (unpaired) electrons. The summed E-state index contributed by atoms with van der Waals surface area (Å²) in [6.45, 7) is 4.70. The minimum Gasteiger partial charge on any atom is -0.358 e. The molecule has 0 aliphatic carbocycles. The second kappa shape index (κ2) is 9.54. The molecule has 0 bridgehead atoms. The zero-order chi connectivity index (χ0) is 22.5. The van der Waals surface area contributed by atoms with E-state index in [0.29, 0.717) is 59.0 Å². The first-order chi connectivity index (χ1) is 14.8. The Balaban J connectivity index is 1.68. The molecule has 0 fully saturated rings. The highest BCUT2D eigenvalue weighted by Crippen LogP contribution is 2.34. The monoisotopic (exact) mass is 429 g/mol. The number of amides is 3. The maximum atomic E-state index is 13.6. The molecule has 3 rings (SSSR count). The summed E-state index contributed by atoms with van der Waals surface area (Å²) in [5.41, 5.74) is 5.28. The number of carbonyl (C=O) groups is 3. The summed E-state index contributed by atoms with van der Waals surface area (Å²) in [7, 11) is 0. The molecule has 2 heterocycles. The summed E-state index contributed by atoms with van der Waals surface area (Å²) in [5.74, 6) is -1.53. The zero-order valence-electron chi connectivity index (χ0n) is 17.2. The Hall–Kier alpha value is -3.50. The van der Waals surface area contributed by atoms with Crippen LogP contribution in [-0.2, 0) is 9.59 Å². The molecule has 0 saturated carbocycles. The van der Waals surface area contributed by atoms with Gasteiger partial charge in [0.2, 0.25) is 5.91 Å². The number of fused-ring (bicyclic) bond motifs is 1. The topological polar surface area (TPSA) is 135 Å². The molecule has 0 saturated heterocycles. The molecule has 31 heavy (non-hydrogen) atoms. The zero-order valence-corrected chi connectivity index (χ0v) is 17.2. The lowest BCUT2D eigenvalue weighted by molar-refractivity contribution is -0.129. The molecule has 1 aliphatic heterocycles. The Labute approximate surface area is 178 Å². The fraction of sp³-hybridized carbons (Fsp3) is 0.286. The molecule has 0 unspecified atom stereocenters. The van der Waals surface area contributed by atoms with Gasteiger partial charge in [0.1, 0.15) is 5.82 Å². The molecule has 164 valence electrons. The lowest BCUT2D eigenvalue weighted by Gasteiger charge is -2.07. The molecular weight excluding hydrogens is 405 g/mol. The molecule has 2 aromatic rings. The number of rotatable bonds is 8. The van der Waals surface area contributed by atoms with Crippen LogP contribution in [0.5, 0.6) is 0 Å². The Kier molecular flexibility index (Phi) is 6.83. The molecule has 1 aromatic heterocycles. The van der Waals surface area contributed by atoms with Gasteiger partial charge >= 0.3 is 0 Å². The minimum absolute atomic E-state index is 0.124. The number of hydrogen-bond acceptors (Lipinski definition) is 5. The van der Waals surface area contributed by atoms with Gasteiger partial charge in [-0.15, -0.1) is 0 Å². The molecule has 6 N–H and O–H groups in total. The predicted octanol–water partition coefficient (Wildman–Crippen LogP) is 1.48. The molecular formula is C21H24FN5O4. The fourth-order valence-corrected chi connectivity index (χ4v) is 3.44. The SMILES string of the molecule is Cc1[nH]c(C=C2C(=O)Nc3ccc(F)cc32)c(C)c1C(=O)NCCNCCC(=O)NO. The summed E-state index contributed by atoms with van der Waals surface area (Å²) in [5, 5.41) is 16.9. The van der Waals surface area contributed by atoms with Crippen molar-refractivity contribution in [3.63, 3.8) is 0 Å². The van der Waals surface area contributed by atoms with E-state index in [1.807, 2.05) is 0 Å². The average molecular weight is 429 g/mol. The normalized spacial score (nSPS) is 13.8. The summed E-state index contributed by atoms with van der Waals surface area (Å²) < 4.78 is 13.6. The maximum Gasteiger partial charge on any atom is 0.256 e. The number of benzene rings is 1. The van der Waals surface area contributed by atoms with Crippen LogP contribution >= 0.6 is 0 Å². The van der Waals surface area contributed by atoms with Crippen LogP contribution in [0, 0.1) is 19.7 Å². The first kappa shape index (κ1) is 22.2. The molecule has 0 spiro atoms. The third-order valence-electron chi connectivity index (χ3n) is 5.00. The maximum absolute atomic E-state index is 13.6. The van der Waals surface area contributed by atoms with Crippen molar-refractivity contribution in [2.24, 2.45) is 0 Å². The van der Waals surface area contributed by atoms with Gasteiger partial charge in [0.25, 0.3) is 11.8 Å². The van der Waals surface area contributed by atoms with Crippen molar-refractivity contribution < 1.29 is 24.0 Å². The predicted molar refractivity (Wildman–Crippen MR) is 113 cm³/mol. The number of carbonyl (C=O) groups excluding carboxylic acids is 3. The third-order valence-corrected chi connectivity index (χ3v) is 5.00. The Morgan fingerprint density at radius 1 is 1.19 bits per heavy atom. The molecule has 3 amide bonds. The van der Waals surface area contributed by atoms with Gasteiger partial charge in [-0.05, 0) is 43.7 Å². The number of aromatic amines is 1. The smallest absolute Gasteiger partial charge is 0.256 e. The van der Waals surface area contributed by atoms with Gasteiger partial charge < -0.3 is 20.9 Å². The summed E-state index contributed by atoms with van der Waals surface area (Å²) in [6.07, 6.45) is 1.74. The first-order valence-corrected chi connectivity index (χ1v) is 9.75. The second-order valence-corrected chi connectivity index (χ2v) is 7.16. The van der Waals surface area contributed by atoms with Crippen molar-refractivity contribution >= 4 is 35.1 Å². The van der Waals surface area contributed by atoms with E-state index in [0.717, 1.165) is 0 Å². The van der Waals surface area contributed by atoms with E-state index in [1.165, 1.54) is 18.2 Å². The number of aromatic nitrogens is 1. The van der Waals surface area contributed by atoms with E-state index in [1.54, 1.807) is 25.4 Å². The Bertz CT molecular complexity index is 1060. The van der Waals surface area contributed by atoms with Crippen molar-refractivity contribution in [3.05, 3.63) is 52.1 Å². The van der Waals surface area contributed by atoms with Crippen LogP contribution in [0.2, 0.25) is 0 Å². The quantitative estimate of drug-likeness (QED) is 0.164. The summed E-state index contributed by atoms with van der Waals surface area (Å²) >= 11 is 0. The largest absolute Gasteiger partial charge is 0.358 e. The van der Waals surface area contributed by atoms with E-state index >= 15 is 0 Å². The number of hydrogen-bond donors (Lipinski definition) is 6. The standard InChI is InChI=1S/C21H24FN5O4/c1-11-17(10-15-14-9-13(22)3-4-16(14)26-20(15)29)25-12(2)19(11)21(30)24-8-7-23-6-5-18(28)27-31/h3-4,9-10,23,25,31H,5-8H2,1-2H3,(H,24,30)(H,26,29)(H,27,28). The van der Waals surface area contributed by atoms with E-state index < -0.39 is 11.7 Å². The number of anilines is 1. The number of H-pyrrole nitrogens is 1. The van der Waals surface area contributed by atoms with Gasteiger partial charge in [-0.1, -0.05) is 0 Å². The lowest BCUT2D eigenvalue weighted by Crippen LogP contribution is -2.33. The van der Waals surface area contributed by atoms with Crippen LogP contribution in [0.15, 0.2) is 18.2 Å². The molecule has 0 atom stereocenters. The van der Waals surface area contributed by atoms with Crippen LogP contribution in [0.25, 0.3) is 11.6 Å². The third kappa shape index (κ3) is 4.98. The van der Waals surface area contributed by atoms with Crippen LogP contribution in [-0.4, -0.2) is 47.5 Å². The number of halogens is 1. The molecule has 1 aromatic carbocycles. The molecule has 9 nitrogen and oxygen atoms in total. The highest BCUT2D eigenvalue weighted by atomic mass is 19.1. The van der Waals surface area contributed by atoms with Gasteiger partial charge in [-0.2, -0.15) is 0 Å². The first-order valence-electron chi connectivity index (χ1n) is 9.75. The van der Waals surface area contributed by atoms with E-state index in [9.17, 15) is 18.8 Å². The van der Waals surface area contributed by atoms with E-state index in [2.05, 4.69) is 20.9 Å². The van der Waals surface area contributed by atoms with Crippen LogP contribution < -0.4 is 21.4 Å². The number of hydroxylamine groups is 1. The lowest BCUT2D eigenvalue weighted by atomic mass is 10.0. The van der Waals surface area contributed by atoms with Crippen LogP contribution in [0.1, 0.15) is 39.3 Å². The minimum atomic E-state index is -0.488. The van der Waals surface area contributed by atoms with Crippen molar-refractivity contribution in [1.82, 2.24) is 21.1 Å². The van der Waals surface area contributed by atoms with Gasteiger partial charge in [0.05, 0.1) is 11.1 Å². The van der Waals surface area contributed by atoms with E-state index in [-0.39, 0.29) is 18.2 Å². The van der Waals surface area contributed by atoms with Crippen molar-refractivity contribution in [2.45, 2.75) is 20.3 Å². The molecule has 10 heteroatoms. The number of nitrogens with one attached hydrogen (secondary N) is 5. The van der Waals surface area contributed by atoms with Crippen molar-refractivity contribution in [1.29, 1.82) is 0 Å². The summed E-state index contributed by atoms with van der Waals surface area (Å²) in [6, 6.07) is 4.10. The van der Waals surface area contributed by atoms with Crippen molar-refractivity contribution in [3.8, 4) is 0 Å². The van der Waals surface area contributed by atoms with Crippen molar-refractivity contribution in [2.75, 3.05) is 25.0 Å². The van der Waals surface area contributed by atoms with E-state index in [4.69, 9.17) is 5.21 Å². The average Bonchev–Trinajstić information content (AvgIpc) is 3.19. The molecule has 1 aliphatic rings. The highest BCUT2D eigenvalue weighted by Gasteiger charge is 2.26. The Morgan fingerprint density at radius 2 is 1.97 bits per heavy atom. The second-order valence-electron chi connectivity index (χ2n) is 7.16. The summed E-state index contributed by atoms with van der Waals surface area (Å²) in [4.78, 5) is 39.0. The van der Waals surface area contributed by atoms with Gasteiger partial charge in [-0.3, -0.25) is 19.6 Å². The Morgan fingerprint density at radius 3 is 2.71 bits per heavy atom. The fourth-order valence-electron chi connectivity index (χ4n) is 3.44. The van der Waals surface area contributed by atoms with Gasteiger partial charge in [-0.25, -0.2) is 9.87 Å². The van der Waals surface area contributed by atoms with Gasteiger partial charge in [0.15, 0.2) is 0 Å².